The van der Waals surface area contributed by atoms with Crippen LogP contribution in [-0.2, 0) is 4.79 Å². The Labute approximate surface area is 127 Å². The number of carbonyl (C=O) groups excluding carboxylic acids is 1. The van der Waals surface area contributed by atoms with Gasteiger partial charge in [-0.1, -0.05) is 33.1 Å². The maximum Gasteiger partial charge on any atom is 0.326 e. The maximum atomic E-state index is 12.4. The highest BCUT2D eigenvalue weighted by Crippen LogP contribution is 2.27. The smallest absolute Gasteiger partial charge is 0.326 e. The lowest BCUT2D eigenvalue weighted by molar-refractivity contribution is -0.143. The van der Waals surface area contributed by atoms with Gasteiger partial charge in [0.2, 0.25) is 0 Å². The number of hydrogen-bond donors (Lipinski definition) is 2. The number of hydrogen-bond acceptors (Lipinski definition) is 2. The van der Waals surface area contributed by atoms with Gasteiger partial charge in [0.15, 0.2) is 0 Å². The molecular formula is C16H28N2O3. The molecule has 0 radical (unpaired) electrons. The minimum Gasteiger partial charge on any atom is -0.480 e. The molecule has 1 heterocycles. The molecule has 2 fully saturated rings. The van der Waals surface area contributed by atoms with Crippen molar-refractivity contribution >= 4 is 12.0 Å². The number of carbonyl (C=O) groups is 2. The van der Waals surface area contributed by atoms with Crippen molar-refractivity contribution in [2.24, 2.45) is 11.8 Å². The van der Waals surface area contributed by atoms with Gasteiger partial charge in [-0.25, -0.2) is 9.59 Å². The average molecular weight is 296 g/mol. The Hall–Kier alpha value is -1.26. The molecule has 2 aliphatic rings. The molecule has 1 saturated heterocycles. The van der Waals surface area contributed by atoms with Crippen molar-refractivity contribution in [1.29, 1.82) is 0 Å². The van der Waals surface area contributed by atoms with Crippen LogP contribution in [0.25, 0.3) is 0 Å². The molecule has 0 aromatic carbocycles. The first-order valence-electron chi connectivity index (χ1n) is 8.31. The Kier molecular flexibility index (Phi) is 5.48. The van der Waals surface area contributed by atoms with Crippen LogP contribution in [0, 0.1) is 11.8 Å². The molecule has 1 aliphatic carbocycles. The van der Waals surface area contributed by atoms with Crippen LogP contribution in [0.3, 0.4) is 0 Å². The number of rotatable bonds is 3. The topological polar surface area (TPSA) is 69.6 Å². The molecule has 0 spiro atoms. The van der Waals surface area contributed by atoms with E-state index in [2.05, 4.69) is 19.2 Å². The summed E-state index contributed by atoms with van der Waals surface area (Å²) in [5, 5.41) is 12.4. The van der Waals surface area contributed by atoms with E-state index in [0.29, 0.717) is 24.8 Å². The first-order valence-corrected chi connectivity index (χ1v) is 8.31. The molecule has 4 atom stereocenters. The molecule has 1 saturated carbocycles. The van der Waals surface area contributed by atoms with Gasteiger partial charge < -0.3 is 15.3 Å². The highest BCUT2D eigenvalue weighted by molar-refractivity contribution is 5.83. The zero-order valence-corrected chi connectivity index (χ0v) is 13.2. The monoisotopic (exact) mass is 296 g/mol. The van der Waals surface area contributed by atoms with E-state index in [0.717, 1.165) is 32.1 Å². The highest BCUT2D eigenvalue weighted by Gasteiger charge is 2.35. The third kappa shape index (κ3) is 4.11. The van der Waals surface area contributed by atoms with Crippen molar-refractivity contribution in [2.75, 3.05) is 6.54 Å². The first-order chi connectivity index (χ1) is 10.0. The Morgan fingerprint density at radius 3 is 2.67 bits per heavy atom. The average Bonchev–Trinajstić information content (AvgIpc) is 2.47. The van der Waals surface area contributed by atoms with Gasteiger partial charge in [0.25, 0.3) is 0 Å². The van der Waals surface area contributed by atoms with Gasteiger partial charge in [-0.3, -0.25) is 0 Å². The number of amides is 2. The van der Waals surface area contributed by atoms with Crippen molar-refractivity contribution in [3.8, 4) is 0 Å². The number of carboxylic acid groups (broad SMARTS) is 1. The number of nitrogens with one attached hydrogen (secondary N) is 1. The fraction of sp³-hybridized carbons (Fsp3) is 0.875. The summed E-state index contributed by atoms with van der Waals surface area (Å²) in [5.41, 5.74) is 0. The summed E-state index contributed by atoms with van der Waals surface area (Å²) in [6.45, 7) is 4.80. The Morgan fingerprint density at radius 1 is 1.24 bits per heavy atom. The minimum atomic E-state index is -0.883. The van der Waals surface area contributed by atoms with E-state index in [4.69, 9.17) is 0 Å². The number of nitrogens with zero attached hydrogens (tertiary/aromatic N) is 1. The van der Waals surface area contributed by atoms with E-state index < -0.39 is 12.0 Å². The van der Waals surface area contributed by atoms with Crippen molar-refractivity contribution in [2.45, 2.75) is 70.9 Å². The summed E-state index contributed by atoms with van der Waals surface area (Å²) in [6.07, 6.45) is 7.06. The summed E-state index contributed by atoms with van der Waals surface area (Å²) in [7, 11) is 0. The van der Waals surface area contributed by atoms with Crippen LogP contribution in [0.4, 0.5) is 4.79 Å². The van der Waals surface area contributed by atoms with Gasteiger partial charge in [-0.2, -0.15) is 0 Å². The van der Waals surface area contributed by atoms with Crippen molar-refractivity contribution in [3.63, 3.8) is 0 Å². The molecule has 0 aromatic rings. The van der Waals surface area contributed by atoms with Crippen LogP contribution >= 0.6 is 0 Å². The van der Waals surface area contributed by atoms with Gasteiger partial charge in [0, 0.05) is 12.6 Å². The molecule has 1 aliphatic heterocycles. The molecule has 0 bridgehead atoms. The molecule has 120 valence electrons. The van der Waals surface area contributed by atoms with Gasteiger partial charge in [-0.05, 0) is 37.5 Å². The predicted molar refractivity (Wildman–Crippen MR) is 81.1 cm³/mol. The molecular weight excluding hydrogens is 268 g/mol. The zero-order chi connectivity index (χ0) is 15.4. The van der Waals surface area contributed by atoms with Crippen LogP contribution in [0.1, 0.15) is 58.8 Å². The Morgan fingerprint density at radius 2 is 2.00 bits per heavy atom. The van der Waals surface area contributed by atoms with E-state index in [1.165, 1.54) is 11.3 Å². The maximum absolute atomic E-state index is 12.4. The van der Waals surface area contributed by atoms with E-state index in [9.17, 15) is 14.7 Å². The highest BCUT2D eigenvalue weighted by atomic mass is 16.4. The summed E-state index contributed by atoms with van der Waals surface area (Å²) >= 11 is 0. The second kappa shape index (κ2) is 7.14. The lowest BCUT2D eigenvalue weighted by atomic mass is 9.84. The normalized spacial score (nSPS) is 33.5. The standard InChI is InChI=1S/C16H28N2O3/c1-3-12-5-4-6-13(10-12)17-16(21)18-8-7-11(2)9-14(18)15(19)20/h11-14H,3-10H2,1-2H3,(H,17,21)(H,19,20). The summed E-state index contributed by atoms with van der Waals surface area (Å²) < 4.78 is 0. The second-order valence-corrected chi connectivity index (χ2v) is 6.76. The van der Waals surface area contributed by atoms with Crippen LogP contribution in [0.5, 0.6) is 0 Å². The summed E-state index contributed by atoms with van der Waals surface area (Å²) in [6, 6.07) is -0.639. The quantitative estimate of drug-likeness (QED) is 0.841. The number of aliphatic carboxylic acids is 1. The molecule has 2 amide bonds. The lowest BCUT2D eigenvalue weighted by Gasteiger charge is -2.38. The SMILES string of the molecule is CCC1CCCC(NC(=O)N2CCC(C)CC2C(=O)O)C1. The second-order valence-electron chi connectivity index (χ2n) is 6.76. The lowest BCUT2D eigenvalue weighted by Crippen LogP contribution is -2.55. The van der Waals surface area contributed by atoms with E-state index in [1.54, 1.807) is 0 Å². The molecule has 21 heavy (non-hydrogen) atoms. The Bertz CT molecular complexity index is 386. The van der Waals surface area contributed by atoms with Crippen LogP contribution in [0.15, 0.2) is 0 Å². The van der Waals surface area contributed by atoms with Gasteiger partial charge in [-0.15, -0.1) is 0 Å². The van der Waals surface area contributed by atoms with Crippen LogP contribution < -0.4 is 5.32 Å². The fourth-order valence-corrected chi connectivity index (χ4v) is 3.67. The Balaban J connectivity index is 1.93. The molecule has 5 heteroatoms. The van der Waals surface area contributed by atoms with Gasteiger partial charge >= 0.3 is 12.0 Å². The largest absolute Gasteiger partial charge is 0.480 e. The van der Waals surface area contributed by atoms with Gasteiger partial charge in [0.05, 0.1) is 0 Å². The van der Waals surface area contributed by atoms with Crippen molar-refractivity contribution < 1.29 is 14.7 Å². The van der Waals surface area contributed by atoms with E-state index >= 15 is 0 Å². The number of likely N-dealkylation sites (tertiary alicyclic amines) is 1. The number of urea groups is 1. The van der Waals surface area contributed by atoms with Crippen molar-refractivity contribution in [1.82, 2.24) is 10.2 Å². The van der Waals surface area contributed by atoms with E-state index in [-0.39, 0.29) is 12.1 Å². The molecule has 5 nitrogen and oxygen atoms in total. The summed E-state index contributed by atoms with van der Waals surface area (Å²) in [5.74, 6) is 0.182. The third-order valence-electron chi connectivity index (χ3n) is 5.10. The molecule has 4 unspecified atom stereocenters. The first kappa shape index (κ1) is 16.1. The van der Waals surface area contributed by atoms with Crippen molar-refractivity contribution in [3.05, 3.63) is 0 Å². The third-order valence-corrected chi connectivity index (χ3v) is 5.10. The summed E-state index contributed by atoms with van der Waals surface area (Å²) in [4.78, 5) is 25.3. The van der Waals surface area contributed by atoms with Gasteiger partial charge in [0.1, 0.15) is 6.04 Å². The minimum absolute atomic E-state index is 0.184. The fourth-order valence-electron chi connectivity index (χ4n) is 3.67. The number of piperidine rings is 1. The molecule has 0 aromatic heterocycles. The van der Waals surface area contributed by atoms with Crippen LogP contribution in [-0.4, -0.2) is 40.6 Å². The number of carboxylic acids is 1. The molecule has 2 rings (SSSR count). The molecule has 2 N–H and O–H groups in total. The predicted octanol–water partition coefficient (Wildman–Crippen LogP) is 2.85. The van der Waals surface area contributed by atoms with Crippen LogP contribution in [0.2, 0.25) is 0 Å². The van der Waals surface area contributed by atoms with E-state index in [1.807, 2.05) is 0 Å². The zero-order valence-electron chi connectivity index (χ0n) is 13.2.